The van der Waals surface area contributed by atoms with E-state index in [4.69, 9.17) is 21.7 Å². The molecular formula is C21H25N3O2S. The predicted octanol–water partition coefficient (Wildman–Crippen LogP) is 3.55. The lowest BCUT2D eigenvalue weighted by Gasteiger charge is -2.11. The van der Waals surface area contributed by atoms with Crippen LogP contribution in [0.25, 0.3) is 0 Å². The Hall–Kier alpha value is -2.44. The number of rotatable bonds is 7. The van der Waals surface area contributed by atoms with Gasteiger partial charge in [-0.1, -0.05) is 29.8 Å². The predicted molar refractivity (Wildman–Crippen MR) is 112 cm³/mol. The molecule has 0 aliphatic carbocycles. The Morgan fingerprint density at radius 2 is 2.00 bits per heavy atom. The quantitative estimate of drug-likeness (QED) is 0.435. The van der Waals surface area contributed by atoms with Crippen LogP contribution in [0.1, 0.15) is 29.5 Å². The molecule has 1 atom stereocenters. The summed E-state index contributed by atoms with van der Waals surface area (Å²) in [5.41, 5.74) is 6.19. The van der Waals surface area contributed by atoms with Gasteiger partial charge >= 0.3 is 0 Å². The molecule has 2 N–H and O–H groups in total. The van der Waals surface area contributed by atoms with E-state index in [1.807, 2.05) is 24.3 Å². The van der Waals surface area contributed by atoms with Gasteiger partial charge in [-0.2, -0.15) is 5.10 Å². The van der Waals surface area contributed by atoms with Crippen molar-refractivity contribution >= 4 is 23.5 Å². The fraction of sp³-hybridized carbons (Fsp3) is 0.333. The normalized spacial score (nSPS) is 16.4. The van der Waals surface area contributed by atoms with Crippen LogP contribution < -0.4 is 15.5 Å². The Morgan fingerprint density at radius 3 is 2.70 bits per heavy atom. The number of aryl methyl sites for hydroxylation is 1. The smallest absolute Gasteiger partial charge is 0.187 e. The number of nitrogens with one attached hydrogen (secondary N) is 2. The summed E-state index contributed by atoms with van der Waals surface area (Å²) in [6, 6.07) is 16.1. The zero-order valence-corrected chi connectivity index (χ0v) is 16.3. The highest BCUT2D eigenvalue weighted by Gasteiger charge is 2.14. The molecule has 0 amide bonds. The lowest BCUT2D eigenvalue weighted by molar-refractivity contribution is 0.114. The van der Waals surface area contributed by atoms with Crippen molar-refractivity contribution in [3.05, 3.63) is 65.2 Å². The zero-order valence-electron chi connectivity index (χ0n) is 15.5. The van der Waals surface area contributed by atoms with Crippen LogP contribution in [0.5, 0.6) is 5.75 Å². The molecule has 5 nitrogen and oxygen atoms in total. The molecule has 1 aliphatic heterocycles. The molecule has 0 spiro atoms. The van der Waals surface area contributed by atoms with E-state index >= 15 is 0 Å². The first-order chi connectivity index (χ1) is 13.2. The zero-order chi connectivity index (χ0) is 18.9. The van der Waals surface area contributed by atoms with Crippen LogP contribution in [0.15, 0.2) is 53.6 Å². The highest BCUT2D eigenvalue weighted by molar-refractivity contribution is 7.80. The molecule has 6 heteroatoms. The Labute approximate surface area is 165 Å². The number of ether oxygens (including phenoxy) is 2. The maximum atomic E-state index is 5.81. The van der Waals surface area contributed by atoms with Crippen LogP contribution >= 0.6 is 12.2 Å². The first-order valence-corrected chi connectivity index (χ1v) is 9.57. The summed E-state index contributed by atoms with van der Waals surface area (Å²) in [7, 11) is 0. The lowest BCUT2D eigenvalue weighted by Crippen LogP contribution is -2.37. The monoisotopic (exact) mass is 383 g/mol. The molecule has 1 aliphatic rings. The number of hydrogen-bond donors (Lipinski definition) is 2. The van der Waals surface area contributed by atoms with Crippen molar-refractivity contribution in [3.63, 3.8) is 0 Å². The maximum absolute atomic E-state index is 5.81. The molecule has 2 aromatic carbocycles. The third-order valence-electron chi connectivity index (χ3n) is 4.30. The van der Waals surface area contributed by atoms with Crippen LogP contribution in [-0.2, 0) is 11.3 Å². The molecule has 2 aromatic rings. The van der Waals surface area contributed by atoms with Gasteiger partial charge in [0.25, 0.3) is 0 Å². The second-order valence-electron chi connectivity index (χ2n) is 6.56. The van der Waals surface area contributed by atoms with Crippen molar-refractivity contribution in [2.45, 2.75) is 32.5 Å². The highest BCUT2D eigenvalue weighted by atomic mass is 32.1. The van der Waals surface area contributed by atoms with Crippen molar-refractivity contribution < 1.29 is 9.47 Å². The van der Waals surface area contributed by atoms with Gasteiger partial charge in [0.1, 0.15) is 12.4 Å². The molecule has 0 aromatic heterocycles. The Morgan fingerprint density at radius 1 is 1.22 bits per heavy atom. The van der Waals surface area contributed by atoms with E-state index in [0.717, 1.165) is 36.3 Å². The maximum Gasteiger partial charge on any atom is 0.187 e. The molecule has 0 bridgehead atoms. The van der Waals surface area contributed by atoms with E-state index in [0.29, 0.717) is 18.3 Å². The van der Waals surface area contributed by atoms with Gasteiger partial charge in [-0.15, -0.1) is 0 Å². The van der Waals surface area contributed by atoms with Gasteiger partial charge in [0, 0.05) is 13.2 Å². The van der Waals surface area contributed by atoms with Crippen molar-refractivity contribution in [1.82, 2.24) is 10.7 Å². The van der Waals surface area contributed by atoms with Crippen molar-refractivity contribution in [2.75, 3.05) is 13.2 Å². The SMILES string of the molecule is Cc1ccc(COc2ccc(/C=N/NC(=S)NCC3CCCO3)cc2)cc1. The molecule has 142 valence electrons. The van der Waals surface area contributed by atoms with Gasteiger partial charge in [0.15, 0.2) is 5.11 Å². The van der Waals surface area contributed by atoms with E-state index in [9.17, 15) is 0 Å². The van der Waals surface area contributed by atoms with Crippen LogP contribution in [0.4, 0.5) is 0 Å². The summed E-state index contributed by atoms with van der Waals surface area (Å²) in [4.78, 5) is 0. The fourth-order valence-corrected chi connectivity index (χ4v) is 2.85. The molecule has 1 heterocycles. The van der Waals surface area contributed by atoms with E-state index in [1.54, 1.807) is 6.21 Å². The van der Waals surface area contributed by atoms with Crippen molar-refractivity contribution in [3.8, 4) is 5.75 Å². The summed E-state index contributed by atoms with van der Waals surface area (Å²) in [6.45, 7) is 4.19. The Kier molecular flexibility index (Phi) is 7.19. The average molecular weight is 384 g/mol. The van der Waals surface area contributed by atoms with Gasteiger partial charge < -0.3 is 14.8 Å². The lowest BCUT2D eigenvalue weighted by atomic mass is 10.2. The van der Waals surface area contributed by atoms with E-state index < -0.39 is 0 Å². The summed E-state index contributed by atoms with van der Waals surface area (Å²) >= 11 is 5.20. The first-order valence-electron chi connectivity index (χ1n) is 9.16. The van der Waals surface area contributed by atoms with Gasteiger partial charge in [-0.3, -0.25) is 5.43 Å². The Bertz CT molecular complexity index is 754. The van der Waals surface area contributed by atoms with Gasteiger partial charge in [0.2, 0.25) is 0 Å². The van der Waals surface area contributed by atoms with Crippen LogP contribution in [0.2, 0.25) is 0 Å². The molecule has 1 saturated heterocycles. The number of thiocarbonyl (C=S) groups is 1. The molecule has 1 unspecified atom stereocenters. The van der Waals surface area contributed by atoms with Crippen LogP contribution in [0.3, 0.4) is 0 Å². The minimum Gasteiger partial charge on any atom is -0.489 e. The first kappa shape index (κ1) is 19.3. The largest absolute Gasteiger partial charge is 0.489 e. The molecule has 0 saturated carbocycles. The Balaban J connectivity index is 1.39. The molecular weight excluding hydrogens is 358 g/mol. The molecule has 3 rings (SSSR count). The third kappa shape index (κ3) is 6.66. The minimum absolute atomic E-state index is 0.251. The average Bonchev–Trinajstić information content (AvgIpc) is 3.21. The second kappa shape index (κ2) is 10.0. The molecule has 27 heavy (non-hydrogen) atoms. The van der Waals surface area contributed by atoms with E-state index in [2.05, 4.69) is 47.0 Å². The number of nitrogens with zero attached hydrogens (tertiary/aromatic N) is 1. The van der Waals surface area contributed by atoms with Crippen LogP contribution in [-0.4, -0.2) is 30.6 Å². The van der Waals surface area contributed by atoms with Crippen LogP contribution in [0, 0.1) is 6.92 Å². The number of hydrogen-bond acceptors (Lipinski definition) is 4. The molecule has 1 fully saturated rings. The van der Waals surface area contributed by atoms with Gasteiger partial charge in [-0.25, -0.2) is 0 Å². The van der Waals surface area contributed by atoms with E-state index in [1.165, 1.54) is 5.56 Å². The third-order valence-corrected chi connectivity index (χ3v) is 4.54. The summed E-state index contributed by atoms with van der Waals surface area (Å²) in [5, 5.41) is 7.77. The topological polar surface area (TPSA) is 54.9 Å². The van der Waals surface area contributed by atoms with Gasteiger partial charge in [-0.05, 0) is 67.4 Å². The summed E-state index contributed by atoms with van der Waals surface area (Å²) in [6.07, 6.45) is 4.18. The fourth-order valence-electron chi connectivity index (χ4n) is 2.72. The van der Waals surface area contributed by atoms with Crippen molar-refractivity contribution in [1.29, 1.82) is 0 Å². The number of benzene rings is 2. The molecule has 0 radical (unpaired) electrons. The summed E-state index contributed by atoms with van der Waals surface area (Å²) < 4.78 is 11.3. The van der Waals surface area contributed by atoms with E-state index in [-0.39, 0.29) is 6.10 Å². The summed E-state index contributed by atoms with van der Waals surface area (Å²) in [5.74, 6) is 0.828. The minimum atomic E-state index is 0.251. The van der Waals surface area contributed by atoms with Gasteiger partial charge in [0.05, 0.1) is 12.3 Å². The highest BCUT2D eigenvalue weighted by Crippen LogP contribution is 2.14. The second-order valence-corrected chi connectivity index (χ2v) is 6.97. The number of hydrazone groups is 1. The van der Waals surface area contributed by atoms with Crippen molar-refractivity contribution in [2.24, 2.45) is 5.10 Å². The standard InChI is InChI=1S/C21H25N3O2S/c1-16-4-6-18(7-5-16)15-26-19-10-8-17(9-11-19)13-23-24-21(27)22-14-20-3-2-12-25-20/h4-11,13,20H,2-3,12,14-15H2,1H3,(H2,22,24,27)/b23-13+.